The van der Waals surface area contributed by atoms with Crippen LogP contribution in [-0.4, -0.2) is 19.8 Å². The van der Waals surface area contributed by atoms with Crippen LogP contribution in [0, 0.1) is 0 Å². The van der Waals surface area contributed by atoms with Crippen molar-refractivity contribution >= 4 is 37.3 Å². The maximum atomic E-state index is 12.4. The molecule has 0 spiro atoms. The normalized spacial score (nSPS) is 12.0. The standard InChI is InChI=1S/C13H15BrN2O2S2/c1-16(8-10-3-2-4-12(14)5-10)20(17,18)13-6-11(7-15)9-19-13/h2-6,9H,7-8,15H2,1H3. The highest BCUT2D eigenvalue weighted by molar-refractivity contribution is 9.10. The second kappa shape index (κ2) is 6.36. The van der Waals surface area contributed by atoms with E-state index in [2.05, 4.69) is 15.9 Å². The molecule has 20 heavy (non-hydrogen) atoms. The second-order valence-electron chi connectivity index (χ2n) is 4.37. The number of benzene rings is 1. The molecule has 2 rings (SSSR count). The van der Waals surface area contributed by atoms with Crippen molar-refractivity contribution in [1.82, 2.24) is 4.31 Å². The number of nitrogens with zero attached hydrogens (tertiary/aromatic N) is 1. The molecule has 0 unspecified atom stereocenters. The van der Waals surface area contributed by atoms with Gasteiger partial charge in [0.05, 0.1) is 0 Å². The third kappa shape index (κ3) is 3.48. The highest BCUT2D eigenvalue weighted by atomic mass is 79.9. The third-order valence-electron chi connectivity index (χ3n) is 2.82. The number of hydrogen-bond acceptors (Lipinski definition) is 4. The lowest BCUT2D eigenvalue weighted by molar-refractivity contribution is 0.468. The first kappa shape index (κ1) is 15.7. The molecule has 7 heteroatoms. The van der Waals surface area contributed by atoms with Crippen molar-refractivity contribution in [3.8, 4) is 0 Å². The van der Waals surface area contributed by atoms with Crippen molar-refractivity contribution in [3.63, 3.8) is 0 Å². The summed E-state index contributed by atoms with van der Waals surface area (Å²) >= 11 is 4.58. The molecule has 1 heterocycles. The van der Waals surface area contributed by atoms with Crippen molar-refractivity contribution in [2.45, 2.75) is 17.3 Å². The summed E-state index contributed by atoms with van der Waals surface area (Å²) in [6.07, 6.45) is 0. The fourth-order valence-electron chi connectivity index (χ4n) is 1.73. The van der Waals surface area contributed by atoms with Crippen LogP contribution in [0.1, 0.15) is 11.1 Å². The number of halogens is 1. The van der Waals surface area contributed by atoms with Crippen molar-refractivity contribution in [2.24, 2.45) is 5.73 Å². The Bertz CT molecular complexity index is 698. The number of nitrogens with two attached hydrogens (primary N) is 1. The van der Waals surface area contributed by atoms with Crippen molar-refractivity contribution in [1.29, 1.82) is 0 Å². The van der Waals surface area contributed by atoms with E-state index < -0.39 is 10.0 Å². The zero-order valence-electron chi connectivity index (χ0n) is 10.9. The lowest BCUT2D eigenvalue weighted by atomic mass is 10.2. The molecule has 0 fully saturated rings. The van der Waals surface area contributed by atoms with Crippen molar-refractivity contribution in [3.05, 3.63) is 51.3 Å². The van der Waals surface area contributed by atoms with Gasteiger partial charge >= 0.3 is 0 Å². The van der Waals surface area contributed by atoms with E-state index in [-0.39, 0.29) is 0 Å². The zero-order valence-corrected chi connectivity index (χ0v) is 14.1. The number of rotatable bonds is 5. The average molecular weight is 375 g/mol. The van der Waals surface area contributed by atoms with Gasteiger partial charge < -0.3 is 5.73 Å². The Morgan fingerprint density at radius 2 is 2.05 bits per heavy atom. The summed E-state index contributed by atoms with van der Waals surface area (Å²) in [5, 5.41) is 1.78. The van der Waals surface area contributed by atoms with Crippen LogP contribution in [0.4, 0.5) is 0 Å². The summed E-state index contributed by atoms with van der Waals surface area (Å²) in [5.41, 5.74) is 7.28. The van der Waals surface area contributed by atoms with E-state index in [1.807, 2.05) is 24.3 Å². The molecule has 0 atom stereocenters. The molecule has 0 amide bonds. The second-order valence-corrected chi connectivity index (χ2v) is 8.47. The molecule has 0 aliphatic rings. The Morgan fingerprint density at radius 1 is 1.30 bits per heavy atom. The van der Waals surface area contributed by atoms with E-state index in [0.29, 0.717) is 17.3 Å². The third-order valence-corrected chi connectivity index (χ3v) is 6.58. The van der Waals surface area contributed by atoms with Crippen LogP contribution in [0.3, 0.4) is 0 Å². The van der Waals surface area contributed by atoms with Crippen LogP contribution < -0.4 is 5.73 Å². The van der Waals surface area contributed by atoms with Gasteiger partial charge in [-0.3, -0.25) is 0 Å². The van der Waals surface area contributed by atoms with Crippen LogP contribution in [0.15, 0.2) is 44.4 Å². The van der Waals surface area contributed by atoms with Gasteiger partial charge in [-0.1, -0.05) is 28.1 Å². The van der Waals surface area contributed by atoms with Gasteiger partial charge in [-0.25, -0.2) is 8.42 Å². The van der Waals surface area contributed by atoms with E-state index >= 15 is 0 Å². The molecule has 1 aromatic heterocycles. The fourth-order valence-corrected chi connectivity index (χ4v) is 4.76. The molecule has 4 nitrogen and oxygen atoms in total. The number of thiophene rings is 1. The van der Waals surface area contributed by atoms with E-state index in [1.54, 1.807) is 18.5 Å². The maximum Gasteiger partial charge on any atom is 0.252 e. The Balaban J connectivity index is 2.21. The highest BCUT2D eigenvalue weighted by Gasteiger charge is 2.22. The van der Waals surface area contributed by atoms with Crippen LogP contribution in [-0.2, 0) is 23.1 Å². The molecule has 0 saturated heterocycles. The van der Waals surface area contributed by atoms with Gasteiger partial charge in [0.2, 0.25) is 0 Å². The van der Waals surface area contributed by atoms with Crippen LogP contribution in [0.5, 0.6) is 0 Å². The molecule has 0 radical (unpaired) electrons. The molecule has 0 aliphatic heterocycles. The monoisotopic (exact) mass is 374 g/mol. The number of hydrogen-bond donors (Lipinski definition) is 1. The molecule has 0 bridgehead atoms. The van der Waals surface area contributed by atoms with E-state index in [1.165, 1.54) is 15.6 Å². The molecule has 2 aromatic rings. The first-order valence-corrected chi connectivity index (χ1v) is 9.03. The lowest BCUT2D eigenvalue weighted by Crippen LogP contribution is -2.25. The predicted octanol–water partition coefficient (Wildman–Crippen LogP) is 2.79. The van der Waals surface area contributed by atoms with E-state index in [0.717, 1.165) is 15.6 Å². The summed E-state index contributed by atoms with van der Waals surface area (Å²) < 4.78 is 27.5. The van der Waals surface area contributed by atoms with Gasteiger partial charge in [-0.2, -0.15) is 4.31 Å². The smallest absolute Gasteiger partial charge is 0.252 e. The summed E-state index contributed by atoms with van der Waals surface area (Å²) in [7, 11) is -1.88. The SMILES string of the molecule is CN(Cc1cccc(Br)c1)S(=O)(=O)c1cc(CN)cs1. The molecule has 0 saturated carbocycles. The Hall–Kier alpha value is -0.730. The molecule has 2 N–H and O–H groups in total. The molecule has 1 aromatic carbocycles. The van der Waals surface area contributed by atoms with E-state index in [9.17, 15) is 8.42 Å². The molecular weight excluding hydrogens is 360 g/mol. The van der Waals surface area contributed by atoms with Crippen LogP contribution >= 0.6 is 27.3 Å². The van der Waals surface area contributed by atoms with Gasteiger partial charge in [0.15, 0.2) is 0 Å². The largest absolute Gasteiger partial charge is 0.326 e. The minimum atomic E-state index is -3.46. The fraction of sp³-hybridized carbons (Fsp3) is 0.231. The minimum absolute atomic E-state index is 0.329. The summed E-state index contributed by atoms with van der Waals surface area (Å²) in [6.45, 7) is 0.680. The highest BCUT2D eigenvalue weighted by Crippen LogP contribution is 2.24. The summed E-state index contributed by atoms with van der Waals surface area (Å²) in [4.78, 5) is 0. The predicted molar refractivity (Wildman–Crippen MR) is 85.0 cm³/mol. The summed E-state index contributed by atoms with van der Waals surface area (Å²) in [6, 6.07) is 9.24. The van der Waals surface area contributed by atoms with Gasteiger partial charge in [0, 0.05) is 24.6 Å². The Kier molecular flexibility index (Phi) is 4.98. The average Bonchev–Trinajstić information content (AvgIpc) is 2.88. The van der Waals surface area contributed by atoms with Crippen molar-refractivity contribution in [2.75, 3.05) is 7.05 Å². The topological polar surface area (TPSA) is 63.4 Å². The number of sulfonamides is 1. The first-order valence-electron chi connectivity index (χ1n) is 5.92. The Morgan fingerprint density at radius 3 is 2.65 bits per heavy atom. The van der Waals surface area contributed by atoms with Gasteiger partial charge in [-0.05, 0) is 34.7 Å². The quantitative estimate of drug-likeness (QED) is 0.874. The van der Waals surface area contributed by atoms with Gasteiger partial charge in [-0.15, -0.1) is 11.3 Å². The minimum Gasteiger partial charge on any atom is -0.326 e. The van der Waals surface area contributed by atoms with Gasteiger partial charge in [0.25, 0.3) is 10.0 Å². The van der Waals surface area contributed by atoms with Crippen LogP contribution in [0.2, 0.25) is 0 Å². The molecule has 0 aliphatic carbocycles. The van der Waals surface area contributed by atoms with Gasteiger partial charge in [0.1, 0.15) is 4.21 Å². The molecular formula is C13H15BrN2O2S2. The maximum absolute atomic E-state index is 12.4. The summed E-state index contributed by atoms with van der Waals surface area (Å²) in [5.74, 6) is 0. The van der Waals surface area contributed by atoms with Crippen LogP contribution in [0.25, 0.3) is 0 Å². The first-order chi connectivity index (χ1) is 9.43. The lowest BCUT2D eigenvalue weighted by Gasteiger charge is -2.16. The van der Waals surface area contributed by atoms with E-state index in [4.69, 9.17) is 5.73 Å². The molecule has 108 valence electrons. The Labute approximate surface area is 131 Å². The zero-order chi connectivity index (χ0) is 14.8. The van der Waals surface area contributed by atoms with Crippen molar-refractivity contribution < 1.29 is 8.42 Å².